The number of hydrogen-bond donors (Lipinski definition) is 1. The molecule has 0 saturated carbocycles. The van der Waals surface area contributed by atoms with E-state index in [0.717, 1.165) is 0 Å². The molecule has 0 bridgehead atoms. The van der Waals surface area contributed by atoms with Crippen LogP contribution in [0.1, 0.15) is 23.0 Å². The predicted octanol–water partition coefficient (Wildman–Crippen LogP) is 1.86. The standard InChI is InChI=1S/C12H12FN3O/c1-8(17)11-6-12(14)16(15-11)7-9-4-2-3-5-10(9)13/h2-6H,7,14H2,1H3. The molecule has 0 amide bonds. The third-order valence-corrected chi connectivity index (χ3v) is 2.45. The van der Waals surface area contributed by atoms with Gasteiger partial charge in [-0.2, -0.15) is 5.10 Å². The van der Waals surface area contributed by atoms with Crippen LogP contribution in [-0.2, 0) is 6.54 Å². The van der Waals surface area contributed by atoms with Crippen LogP contribution >= 0.6 is 0 Å². The summed E-state index contributed by atoms with van der Waals surface area (Å²) >= 11 is 0. The van der Waals surface area contributed by atoms with Crippen molar-refractivity contribution in [3.63, 3.8) is 0 Å². The van der Waals surface area contributed by atoms with Crippen molar-refractivity contribution in [1.82, 2.24) is 9.78 Å². The largest absolute Gasteiger partial charge is 0.384 e. The SMILES string of the molecule is CC(=O)c1cc(N)n(Cc2ccccc2F)n1. The molecule has 0 radical (unpaired) electrons. The molecule has 0 aliphatic carbocycles. The Morgan fingerprint density at radius 1 is 1.47 bits per heavy atom. The Balaban J connectivity index is 2.30. The minimum atomic E-state index is -0.313. The molecule has 4 nitrogen and oxygen atoms in total. The summed E-state index contributed by atoms with van der Waals surface area (Å²) in [4.78, 5) is 11.1. The number of halogens is 1. The number of nitrogens with zero attached hydrogens (tertiary/aromatic N) is 2. The number of Topliss-reactive ketones (excluding diaryl/α,β-unsaturated/α-hetero) is 1. The molecular weight excluding hydrogens is 221 g/mol. The Morgan fingerprint density at radius 3 is 2.76 bits per heavy atom. The summed E-state index contributed by atoms with van der Waals surface area (Å²) in [7, 11) is 0. The number of hydrogen-bond acceptors (Lipinski definition) is 3. The summed E-state index contributed by atoms with van der Waals surface area (Å²) in [6.45, 7) is 1.63. The summed E-state index contributed by atoms with van der Waals surface area (Å²) in [5.41, 5.74) is 6.48. The molecule has 0 aliphatic rings. The number of aromatic nitrogens is 2. The van der Waals surface area contributed by atoms with Gasteiger partial charge in [-0.05, 0) is 6.07 Å². The molecule has 17 heavy (non-hydrogen) atoms. The lowest BCUT2D eigenvalue weighted by atomic mass is 10.2. The van der Waals surface area contributed by atoms with Crippen LogP contribution in [0.15, 0.2) is 30.3 Å². The van der Waals surface area contributed by atoms with Crippen LogP contribution in [0.4, 0.5) is 10.2 Å². The molecule has 0 unspecified atom stereocenters. The first-order valence-corrected chi connectivity index (χ1v) is 5.15. The predicted molar refractivity (Wildman–Crippen MR) is 62.1 cm³/mol. The number of benzene rings is 1. The Hall–Kier alpha value is -2.17. The molecule has 2 rings (SSSR count). The zero-order valence-electron chi connectivity index (χ0n) is 9.35. The van der Waals surface area contributed by atoms with Crippen LogP contribution in [-0.4, -0.2) is 15.6 Å². The number of carbonyl (C=O) groups excluding carboxylic acids is 1. The van der Waals surface area contributed by atoms with Gasteiger partial charge >= 0.3 is 0 Å². The van der Waals surface area contributed by atoms with Gasteiger partial charge in [0.05, 0.1) is 6.54 Å². The van der Waals surface area contributed by atoms with Crippen molar-refractivity contribution >= 4 is 11.6 Å². The van der Waals surface area contributed by atoms with Crippen molar-refractivity contribution in [2.24, 2.45) is 0 Å². The molecule has 0 atom stereocenters. The molecule has 0 saturated heterocycles. The van der Waals surface area contributed by atoms with E-state index in [2.05, 4.69) is 5.10 Å². The van der Waals surface area contributed by atoms with E-state index in [9.17, 15) is 9.18 Å². The molecule has 5 heteroatoms. The van der Waals surface area contributed by atoms with E-state index in [1.165, 1.54) is 23.7 Å². The summed E-state index contributed by atoms with van der Waals surface area (Å²) in [5, 5.41) is 4.02. The van der Waals surface area contributed by atoms with Gasteiger partial charge in [0, 0.05) is 18.6 Å². The fraction of sp³-hybridized carbons (Fsp3) is 0.167. The van der Waals surface area contributed by atoms with Gasteiger partial charge in [-0.3, -0.25) is 4.79 Å². The quantitative estimate of drug-likeness (QED) is 0.823. The summed E-state index contributed by atoms with van der Waals surface area (Å²) in [6, 6.07) is 7.88. The second-order valence-electron chi connectivity index (χ2n) is 3.76. The van der Waals surface area contributed by atoms with Crippen molar-refractivity contribution < 1.29 is 9.18 Å². The number of anilines is 1. The van der Waals surface area contributed by atoms with Gasteiger partial charge in [0.15, 0.2) is 5.78 Å². The molecule has 0 aliphatic heterocycles. The molecule has 0 fully saturated rings. The lowest BCUT2D eigenvalue weighted by Gasteiger charge is -2.04. The maximum atomic E-state index is 13.4. The van der Waals surface area contributed by atoms with Crippen molar-refractivity contribution in [3.8, 4) is 0 Å². The fourth-order valence-corrected chi connectivity index (χ4v) is 1.52. The van der Waals surface area contributed by atoms with E-state index >= 15 is 0 Å². The smallest absolute Gasteiger partial charge is 0.180 e. The number of ketones is 1. The lowest BCUT2D eigenvalue weighted by molar-refractivity contribution is 0.101. The van der Waals surface area contributed by atoms with E-state index in [1.807, 2.05) is 0 Å². The maximum Gasteiger partial charge on any atom is 0.180 e. The average Bonchev–Trinajstić information content (AvgIpc) is 2.64. The summed E-state index contributed by atoms with van der Waals surface area (Å²) < 4.78 is 14.8. The number of nitrogens with two attached hydrogens (primary N) is 1. The Kier molecular flexibility index (Phi) is 2.91. The van der Waals surface area contributed by atoms with Gasteiger partial charge in [0.2, 0.25) is 0 Å². The number of carbonyl (C=O) groups is 1. The van der Waals surface area contributed by atoms with Crippen molar-refractivity contribution in [2.75, 3.05) is 5.73 Å². The van der Waals surface area contributed by atoms with Crippen LogP contribution in [0, 0.1) is 5.82 Å². The van der Waals surface area contributed by atoms with Gasteiger partial charge < -0.3 is 5.73 Å². The molecule has 88 valence electrons. The third-order valence-electron chi connectivity index (χ3n) is 2.45. The van der Waals surface area contributed by atoms with Crippen LogP contribution in [0.5, 0.6) is 0 Å². The van der Waals surface area contributed by atoms with E-state index in [1.54, 1.807) is 18.2 Å². The zero-order valence-corrected chi connectivity index (χ0v) is 9.35. The Bertz CT molecular complexity index is 563. The van der Waals surface area contributed by atoms with Crippen LogP contribution < -0.4 is 5.73 Å². The minimum absolute atomic E-state index is 0.163. The molecule has 0 spiro atoms. The minimum Gasteiger partial charge on any atom is -0.384 e. The molecule has 1 aromatic heterocycles. The molecule has 2 aromatic rings. The monoisotopic (exact) mass is 233 g/mol. The van der Waals surface area contributed by atoms with Gasteiger partial charge in [0.1, 0.15) is 17.3 Å². The van der Waals surface area contributed by atoms with E-state index < -0.39 is 0 Å². The van der Waals surface area contributed by atoms with Crippen molar-refractivity contribution in [1.29, 1.82) is 0 Å². The van der Waals surface area contributed by atoms with Gasteiger partial charge in [0.25, 0.3) is 0 Å². The highest BCUT2D eigenvalue weighted by Gasteiger charge is 2.10. The zero-order chi connectivity index (χ0) is 12.4. The van der Waals surface area contributed by atoms with Crippen LogP contribution in [0.25, 0.3) is 0 Å². The van der Waals surface area contributed by atoms with E-state index in [0.29, 0.717) is 17.1 Å². The maximum absolute atomic E-state index is 13.4. The number of rotatable bonds is 3. The Morgan fingerprint density at radius 2 is 2.18 bits per heavy atom. The van der Waals surface area contributed by atoms with Gasteiger partial charge in [-0.1, -0.05) is 18.2 Å². The van der Waals surface area contributed by atoms with Gasteiger partial charge in [-0.15, -0.1) is 0 Å². The van der Waals surface area contributed by atoms with Crippen molar-refractivity contribution in [3.05, 3.63) is 47.4 Å². The third kappa shape index (κ3) is 2.33. The number of nitrogen functional groups attached to an aromatic ring is 1. The van der Waals surface area contributed by atoms with Crippen LogP contribution in [0.2, 0.25) is 0 Å². The molecule has 1 heterocycles. The second kappa shape index (κ2) is 4.37. The lowest BCUT2D eigenvalue weighted by Crippen LogP contribution is -2.07. The summed E-state index contributed by atoms with van der Waals surface area (Å²) in [6.07, 6.45) is 0. The first-order valence-electron chi connectivity index (χ1n) is 5.15. The van der Waals surface area contributed by atoms with Crippen molar-refractivity contribution in [2.45, 2.75) is 13.5 Å². The highest BCUT2D eigenvalue weighted by molar-refractivity contribution is 5.92. The highest BCUT2D eigenvalue weighted by Crippen LogP contribution is 2.13. The fourth-order valence-electron chi connectivity index (χ4n) is 1.52. The molecule has 1 aromatic carbocycles. The Labute approximate surface area is 97.9 Å². The van der Waals surface area contributed by atoms with Crippen LogP contribution in [0.3, 0.4) is 0 Å². The van der Waals surface area contributed by atoms with E-state index in [4.69, 9.17) is 5.73 Å². The molecule has 2 N–H and O–H groups in total. The average molecular weight is 233 g/mol. The first kappa shape index (κ1) is 11.3. The normalized spacial score (nSPS) is 10.5. The topological polar surface area (TPSA) is 60.9 Å². The molecular formula is C12H12FN3O. The first-order chi connectivity index (χ1) is 8.08. The highest BCUT2D eigenvalue weighted by atomic mass is 19.1. The summed E-state index contributed by atoms with van der Waals surface area (Å²) in [5.74, 6) is -0.130. The van der Waals surface area contributed by atoms with E-state index in [-0.39, 0.29) is 18.1 Å². The van der Waals surface area contributed by atoms with Gasteiger partial charge in [-0.25, -0.2) is 9.07 Å². The second-order valence-corrected chi connectivity index (χ2v) is 3.76.